The van der Waals surface area contributed by atoms with Gasteiger partial charge in [0.15, 0.2) is 11.2 Å². The van der Waals surface area contributed by atoms with Gasteiger partial charge in [-0.2, -0.15) is 0 Å². The first kappa shape index (κ1) is 25.4. The lowest BCUT2D eigenvalue weighted by Gasteiger charge is -2.29. The number of hydrogen-bond acceptors (Lipinski definition) is 6. The molecule has 11 heteroatoms. The van der Waals surface area contributed by atoms with E-state index in [2.05, 4.69) is 22.5 Å². The van der Waals surface area contributed by atoms with Gasteiger partial charge in [0.2, 0.25) is 5.91 Å². The zero-order chi connectivity index (χ0) is 25.7. The molecule has 0 spiro atoms. The summed E-state index contributed by atoms with van der Waals surface area (Å²) in [5.74, 6) is -0.425. The predicted octanol–water partition coefficient (Wildman–Crippen LogP) is 1.46. The van der Waals surface area contributed by atoms with Crippen LogP contribution in [0.15, 0.2) is 46.2 Å². The van der Waals surface area contributed by atoms with Crippen molar-refractivity contribution in [1.29, 1.82) is 0 Å². The highest BCUT2D eigenvalue weighted by Gasteiger charge is 2.24. The summed E-state index contributed by atoms with van der Waals surface area (Å²) in [5, 5.41) is 5.12. The minimum Gasteiger partial charge on any atom is -0.383 e. The van der Waals surface area contributed by atoms with Crippen molar-refractivity contribution >= 4 is 23.1 Å². The predicted molar refractivity (Wildman–Crippen MR) is 134 cm³/mol. The number of benzene rings is 1. The summed E-state index contributed by atoms with van der Waals surface area (Å²) >= 11 is 0. The van der Waals surface area contributed by atoms with Gasteiger partial charge in [-0.15, -0.1) is 0 Å². The van der Waals surface area contributed by atoms with E-state index < -0.39 is 29.7 Å². The van der Waals surface area contributed by atoms with E-state index >= 15 is 0 Å². The second-order valence-electron chi connectivity index (χ2n) is 9.24. The lowest BCUT2D eigenvalue weighted by atomic mass is 9.86. The Bertz CT molecular complexity index is 1340. The van der Waals surface area contributed by atoms with Crippen molar-refractivity contribution < 1.29 is 14.3 Å². The minimum absolute atomic E-state index is 0.0103. The number of nitrogens with one attached hydrogen (secondary N) is 2. The molecule has 2 heterocycles. The monoisotopic (exact) mass is 496 g/mol. The number of rotatable bonds is 8. The smallest absolute Gasteiger partial charge is 0.333 e. The molecule has 1 saturated carbocycles. The van der Waals surface area contributed by atoms with E-state index in [1.807, 2.05) is 30.3 Å². The normalized spacial score (nSPS) is 17.7. The molecule has 36 heavy (non-hydrogen) atoms. The SMILES string of the molecule is COCCn1cnc2c1c(=O)n(CC(=O)NC(=O)NC1CCCCC1C)c(=O)n2Cc1ccccc1. The van der Waals surface area contributed by atoms with Crippen LogP contribution in [0.4, 0.5) is 4.79 Å². The Balaban J connectivity index is 1.63. The van der Waals surface area contributed by atoms with E-state index in [4.69, 9.17) is 4.74 Å². The van der Waals surface area contributed by atoms with Gasteiger partial charge >= 0.3 is 11.7 Å². The number of ether oxygens (including phenoxy) is 1. The third kappa shape index (κ3) is 5.56. The number of urea groups is 1. The maximum absolute atomic E-state index is 13.4. The zero-order valence-electron chi connectivity index (χ0n) is 20.6. The van der Waals surface area contributed by atoms with Gasteiger partial charge in [-0.05, 0) is 24.3 Å². The number of amides is 3. The summed E-state index contributed by atoms with van der Waals surface area (Å²) in [4.78, 5) is 56.2. The molecule has 1 fully saturated rings. The van der Waals surface area contributed by atoms with Crippen LogP contribution in [0, 0.1) is 5.92 Å². The van der Waals surface area contributed by atoms with Crippen LogP contribution in [0.3, 0.4) is 0 Å². The summed E-state index contributed by atoms with van der Waals surface area (Å²) in [6.07, 6.45) is 5.51. The van der Waals surface area contributed by atoms with Crippen molar-refractivity contribution in [3.8, 4) is 0 Å². The number of carbonyl (C=O) groups excluding carboxylic acids is 2. The first-order chi connectivity index (χ1) is 17.4. The number of imide groups is 1. The van der Waals surface area contributed by atoms with E-state index in [1.54, 1.807) is 11.7 Å². The Kier molecular flexibility index (Phi) is 7.99. The van der Waals surface area contributed by atoms with Crippen molar-refractivity contribution in [2.75, 3.05) is 13.7 Å². The quantitative estimate of drug-likeness (QED) is 0.486. The average Bonchev–Trinajstić information content (AvgIpc) is 3.29. The molecular formula is C25H32N6O5. The van der Waals surface area contributed by atoms with Crippen molar-refractivity contribution in [3.63, 3.8) is 0 Å². The van der Waals surface area contributed by atoms with Crippen molar-refractivity contribution in [1.82, 2.24) is 29.3 Å². The maximum atomic E-state index is 13.4. The topological polar surface area (TPSA) is 129 Å². The molecule has 2 atom stereocenters. The molecule has 0 radical (unpaired) electrons. The summed E-state index contributed by atoms with van der Waals surface area (Å²) in [6.45, 7) is 2.33. The molecule has 3 amide bonds. The molecule has 2 unspecified atom stereocenters. The van der Waals surface area contributed by atoms with Crippen LogP contribution in [0.2, 0.25) is 0 Å². The van der Waals surface area contributed by atoms with Gasteiger partial charge in [0.25, 0.3) is 5.56 Å². The summed E-state index contributed by atoms with van der Waals surface area (Å²) in [6, 6.07) is 8.66. The second kappa shape index (κ2) is 11.3. The van der Waals surface area contributed by atoms with Crippen LogP contribution >= 0.6 is 0 Å². The van der Waals surface area contributed by atoms with E-state index in [1.165, 1.54) is 10.9 Å². The van der Waals surface area contributed by atoms with E-state index in [0.717, 1.165) is 35.8 Å². The molecule has 1 aromatic carbocycles. The van der Waals surface area contributed by atoms with Gasteiger partial charge in [-0.3, -0.25) is 19.5 Å². The average molecular weight is 497 g/mol. The minimum atomic E-state index is -0.747. The largest absolute Gasteiger partial charge is 0.383 e. The first-order valence-electron chi connectivity index (χ1n) is 12.2. The number of fused-ring (bicyclic) bond motifs is 1. The van der Waals surface area contributed by atoms with E-state index in [0.29, 0.717) is 19.1 Å². The lowest BCUT2D eigenvalue weighted by molar-refractivity contribution is -0.120. The Hall–Kier alpha value is -3.73. The van der Waals surface area contributed by atoms with Gasteiger partial charge in [0, 0.05) is 19.7 Å². The third-order valence-electron chi connectivity index (χ3n) is 6.69. The van der Waals surface area contributed by atoms with Gasteiger partial charge < -0.3 is 14.6 Å². The number of methoxy groups -OCH3 is 1. The highest BCUT2D eigenvalue weighted by molar-refractivity contribution is 5.94. The molecule has 2 aromatic heterocycles. The Morgan fingerprint density at radius 2 is 1.86 bits per heavy atom. The van der Waals surface area contributed by atoms with Crippen molar-refractivity contribution in [2.45, 2.75) is 58.3 Å². The van der Waals surface area contributed by atoms with Gasteiger partial charge in [0.05, 0.1) is 19.5 Å². The molecule has 4 rings (SSSR count). The zero-order valence-corrected chi connectivity index (χ0v) is 20.6. The number of carbonyl (C=O) groups is 2. The Morgan fingerprint density at radius 1 is 1.11 bits per heavy atom. The molecule has 0 saturated heterocycles. The molecule has 0 bridgehead atoms. The fraction of sp³-hybridized carbons (Fsp3) is 0.480. The molecule has 11 nitrogen and oxygen atoms in total. The first-order valence-corrected chi connectivity index (χ1v) is 12.2. The molecule has 2 N–H and O–H groups in total. The van der Waals surface area contributed by atoms with Crippen LogP contribution in [-0.2, 0) is 29.2 Å². The van der Waals surface area contributed by atoms with Gasteiger partial charge in [0.1, 0.15) is 6.54 Å². The highest BCUT2D eigenvalue weighted by atomic mass is 16.5. The fourth-order valence-corrected chi connectivity index (χ4v) is 4.69. The Labute approximate surface area is 208 Å². The van der Waals surface area contributed by atoms with Crippen LogP contribution in [0.1, 0.15) is 38.2 Å². The summed E-state index contributed by atoms with van der Waals surface area (Å²) in [7, 11) is 1.55. The molecule has 192 valence electrons. The van der Waals surface area contributed by atoms with Gasteiger partial charge in [-0.1, -0.05) is 50.1 Å². The number of nitrogens with zero attached hydrogens (tertiary/aromatic N) is 4. The standard InChI is InChI=1S/C25H32N6O5/c1-17-8-6-7-11-19(17)27-24(34)28-20(32)15-31-23(33)21-22(26-16-29(21)12-13-36-2)30(25(31)35)14-18-9-4-3-5-10-18/h3-5,9-10,16-17,19H,6-8,11-15H2,1-2H3,(H2,27,28,32,34). The maximum Gasteiger partial charge on any atom is 0.333 e. The van der Waals surface area contributed by atoms with Crippen molar-refractivity contribution in [3.05, 3.63) is 63.1 Å². The highest BCUT2D eigenvalue weighted by Crippen LogP contribution is 2.23. The molecule has 1 aliphatic rings. The Morgan fingerprint density at radius 3 is 2.58 bits per heavy atom. The van der Waals surface area contributed by atoms with Crippen LogP contribution < -0.4 is 21.9 Å². The number of aromatic nitrogens is 4. The molecule has 0 aliphatic heterocycles. The lowest BCUT2D eigenvalue weighted by Crippen LogP contribution is -2.50. The molecule has 3 aromatic rings. The third-order valence-corrected chi connectivity index (χ3v) is 6.69. The molecule has 1 aliphatic carbocycles. The number of imidazole rings is 1. The van der Waals surface area contributed by atoms with E-state index in [9.17, 15) is 19.2 Å². The van der Waals surface area contributed by atoms with E-state index in [-0.39, 0.29) is 23.8 Å². The van der Waals surface area contributed by atoms with Crippen LogP contribution in [0.5, 0.6) is 0 Å². The summed E-state index contributed by atoms with van der Waals surface area (Å²) < 4.78 is 8.95. The van der Waals surface area contributed by atoms with Crippen molar-refractivity contribution in [2.24, 2.45) is 5.92 Å². The van der Waals surface area contributed by atoms with Crippen LogP contribution in [-0.4, -0.2) is 50.4 Å². The second-order valence-corrected chi connectivity index (χ2v) is 9.24. The van der Waals surface area contributed by atoms with Crippen LogP contribution in [0.25, 0.3) is 11.2 Å². The molecular weight excluding hydrogens is 464 g/mol. The fourth-order valence-electron chi connectivity index (χ4n) is 4.69. The number of hydrogen-bond donors (Lipinski definition) is 2. The van der Waals surface area contributed by atoms with Gasteiger partial charge in [-0.25, -0.2) is 19.1 Å². The summed E-state index contributed by atoms with van der Waals surface area (Å²) in [5.41, 5.74) is -0.0707.